The summed E-state index contributed by atoms with van der Waals surface area (Å²) in [5.74, 6) is -0.884. The Balaban J connectivity index is 1.89. The van der Waals surface area contributed by atoms with Gasteiger partial charge in [-0.15, -0.1) is 0 Å². The molecule has 27 heavy (non-hydrogen) atoms. The number of hydrogen-bond donors (Lipinski definition) is 1. The molecule has 1 N–H and O–H groups in total. The number of anilines is 2. The van der Waals surface area contributed by atoms with Crippen LogP contribution in [0.25, 0.3) is 5.69 Å². The first-order chi connectivity index (χ1) is 12.9. The zero-order chi connectivity index (χ0) is 19.6. The molecule has 0 bridgehead atoms. The molecule has 0 spiro atoms. The van der Waals surface area contributed by atoms with Gasteiger partial charge in [0.1, 0.15) is 22.3 Å². The number of pyridine rings is 1. The van der Waals surface area contributed by atoms with E-state index >= 15 is 0 Å². The Bertz CT molecular complexity index is 1040. The quantitative estimate of drug-likeness (QED) is 0.723. The van der Waals surface area contributed by atoms with Crippen LogP contribution < -0.4 is 15.8 Å². The van der Waals surface area contributed by atoms with Crippen molar-refractivity contribution < 1.29 is 8.78 Å². The summed E-state index contributed by atoms with van der Waals surface area (Å²) in [6.45, 7) is 0.358. The highest BCUT2D eigenvalue weighted by Crippen LogP contribution is 2.21. The molecule has 0 aliphatic rings. The molecule has 3 rings (SSSR count). The van der Waals surface area contributed by atoms with Crippen molar-refractivity contribution in [3.8, 4) is 5.69 Å². The van der Waals surface area contributed by atoms with Crippen molar-refractivity contribution in [2.75, 3.05) is 24.3 Å². The van der Waals surface area contributed by atoms with Crippen molar-refractivity contribution in [1.29, 1.82) is 0 Å². The second-order valence-electron chi connectivity index (χ2n) is 5.92. The van der Waals surface area contributed by atoms with Crippen molar-refractivity contribution in [2.24, 2.45) is 0 Å². The minimum Gasteiger partial charge on any atom is -0.378 e. The highest BCUT2D eigenvalue weighted by molar-refractivity contribution is 6.32. The minimum atomic E-state index is -0.910. The number of benzene rings is 1. The highest BCUT2D eigenvalue weighted by atomic mass is 35.5. The van der Waals surface area contributed by atoms with E-state index in [9.17, 15) is 13.6 Å². The van der Waals surface area contributed by atoms with Gasteiger partial charge in [0.05, 0.1) is 11.9 Å². The van der Waals surface area contributed by atoms with E-state index < -0.39 is 17.2 Å². The molecule has 0 unspecified atom stereocenters. The third-order valence-electron chi connectivity index (χ3n) is 3.82. The summed E-state index contributed by atoms with van der Waals surface area (Å²) in [4.78, 5) is 18.6. The number of nitrogens with one attached hydrogen (secondary N) is 1. The average molecular weight is 392 g/mol. The number of hydrogen-bond acceptors (Lipinski definition) is 5. The molecule has 0 aliphatic heterocycles. The molecule has 0 saturated carbocycles. The first kappa shape index (κ1) is 18.8. The molecule has 6 nitrogen and oxygen atoms in total. The summed E-state index contributed by atoms with van der Waals surface area (Å²) >= 11 is 6.14. The van der Waals surface area contributed by atoms with Crippen LogP contribution in [0, 0.1) is 11.6 Å². The minimum absolute atomic E-state index is 0.149. The van der Waals surface area contributed by atoms with E-state index in [1.54, 1.807) is 12.3 Å². The van der Waals surface area contributed by atoms with Gasteiger partial charge in [0.15, 0.2) is 5.82 Å². The highest BCUT2D eigenvalue weighted by Gasteiger charge is 2.14. The van der Waals surface area contributed by atoms with Gasteiger partial charge < -0.3 is 10.2 Å². The average Bonchev–Trinajstić information content (AvgIpc) is 2.64. The number of halogens is 3. The van der Waals surface area contributed by atoms with Crippen molar-refractivity contribution in [2.45, 2.75) is 6.54 Å². The largest absolute Gasteiger partial charge is 0.378 e. The monoisotopic (exact) mass is 391 g/mol. The fraction of sp³-hybridized carbons (Fsp3) is 0.167. The van der Waals surface area contributed by atoms with E-state index in [0.29, 0.717) is 18.3 Å². The van der Waals surface area contributed by atoms with Gasteiger partial charge >= 0.3 is 0 Å². The number of rotatable bonds is 5. The lowest BCUT2D eigenvalue weighted by Gasteiger charge is -2.17. The van der Waals surface area contributed by atoms with Crippen LogP contribution in [0.4, 0.5) is 20.3 Å². The zero-order valence-electron chi connectivity index (χ0n) is 14.6. The predicted octanol–water partition coefficient (Wildman–Crippen LogP) is 3.24. The Kier molecular flexibility index (Phi) is 5.36. The van der Waals surface area contributed by atoms with E-state index in [0.717, 1.165) is 28.2 Å². The van der Waals surface area contributed by atoms with E-state index in [1.165, 1.54) is 6.20 Å². The van der Waals surface area contributed by atoms with Crippen molar-refractivity contribution in [3.05, 3.63) is 75.3 Å². The molecule has 0 aliphatic carbocycles. The second kappa shape index (κ2) is 7.71. The van der Waals surface area contributed by atoms with Gasteiger partial charge in [-0.05, 0) is 18.2 Å². The van der Waals surface area contributed by atoms with Crippen molar-refractivity contribution in [3.63, 3.8) is 0 Å². The maximum absolute atomic E-state index is 13.9. The molecule has 2 heterocycles. The van der Waals surface area contributed by atoms with Gasteiger partial charge in [0.2, 0.25) is 0 Å². The molecule has 1 aromatic carbocycles. The Hall–Kier alpha value is -3.00. The Morgan fingerprint density at radius 3 is 2.74 bits per heavy atom. The molecule has 140 valence electrons. The number of aromatic nitrogens is 3. The Morgan fingerprint density at radius 1 is 1.26 bits per heavy atom. The first-order valence-electron chi connectivity index (χ1n) is 7.97. The molecule has 3 aromatic rings. The summed E-state index contributed by atoms with van der Waals surface area (Å²) in [5.41, 5.74) is 0.296. The summed E-state index contributed by atoms with van der Waals surface area (Å²) in [5, 5.41) is 6.83. The Morgan fingerprint density at radius 2 is 2.04 bits per heavy atom. The topological polar surface area (TPSA) is 63.1 Å². The van der Waals surface area contributed by atoms with Crippen LogP contribution in [-0.4, -0.2) is 28.9 Å². The third kappa shape index (κ3) is 3.90. The van der Waals surface area contributed by atoms with E-state index in [2.05, 4.69) is 15.4 Å². The lowest BCUT2D eigenvalue weighted by atomic mass is 10.2. The summed E-state index contributed by atoms with van der Waals surface area (Å²) in [6, 6.07) is 6.54. The fourth-order valence-corrected chi connectivity index (χ4v) is 2.74. The van der Waals surface area contributed by atoms with Crippen LogP contribution in [0.2, 0.25) is 5.02 Å². The standard InChI is InChI=1S/C18H16ClF2N5O/c1-25(2)17-11(4-3-7-22-17)9-23-14-10-24-26(18(27)16(14)19)15-6-5-12(20)8-13(15)21/h3-8,10,23H,9H2,1-2H3. The maximum Gasteiger partial charge on any atom is 0.292 e. The van der Waals surface area contributed by atoms with Gasteiger partial charge in [-0.25, -0.2) is 13.8 Å². The van der Waals surface area contributed by atoms with Gasteiger partial charge in [0, 0.05) is 38.5 Å². The van der Waals surface area contributed by atoms with Crippen LogP contribution in [-0.2, 0) is 6.54 Å². The van der Waals surface area contributed by atoms with Crippen LogP contribution in [0.5, 0.6) is 0 Å². The van der Waals surface area contributed by atoms with Gasteiger partial charge in [-0.1, -0.05) is 17.7 Å². The summed E-state index contributed by atoms with van der Waals surface area (Å²) in [6.07, 6.45) is 3.00. The van der Waals surface area contributed by atoms with Gasteiger partial charge in [-0.2, -0.15) is 9.78 Å². The normalized spacial score (nSPS) is 10.7. The van der Waals surface area contributed by atoms with E-state index in [1.807, 2.05) is 25.1 Å². The van der Waals surface area contributed by atoms with Crippen LogP contribution in [0.1, 0.15) is 5.56 Å². The van der Waals surface area contributed by atoms with E-state index in [4.69, 9.17) is 11.6 Å². The lowest BCUT2D eigenvalue weighted by molar-refractivity contribution is 0.571. The Labute approximate surface area is 159 Å². The predicted molar refractivity (Wildman–Crippen MR) is 101 cm³/mol. The van der Waals surface area contributed by atoms with Gasteiger partial charge in [-0.3, -0.25) is 4.79 Å². The second-order valence-corrected chi connectivity index (χ2v) is 6.30. The summed E-state index contributed by atoms with van der Waals surface area (Å²) in [7, 11) is 3.75. The summed E-state index contributed by atoms with van der Waals surface area (Å²) < 4.78 is 27.8. The third-order valence-corrected chi connectivity index (χ3v) is 4.18. The van der Waals surface area contributed by atoms with Gasteiger partial charge in [0.25, 0.3) is 5.56 Å². The van der Waals surface area contributed by atoms with Crippen LogP contribution >= 0.6 is 11.6 Å². The molecular formula is C18H16ClF2N5O. The van der Waals surface area contributed by atoms with Crippen molar-refractivity contribution in [1.82, 2.24) is 14.8 Å². The molecule has 0 saturated heterocycles. The number of nitrogens with zero attached hydrogens (tertiary/aromatic N) is 4. The maximum atomic E-state index is 13.9. The zero-order valence-corrected chi connectivity index (χ0v) is 15.3. The van der Waals surface area contributed by atoms with Crippen molar-refractivity contribution >= 4 is 23.1 Å². The molecule has 2 aromatic heterocycles. The molecule has 0 amide bonds. The molecule has 9 heteroatoms. The van der Waals surface area contributed by atoms with Crippen LogP contribution in [0.3, 0.4) is 0 Å². The lowest BCUT2D eigenvalue weighted by Crippen LogP contribution is -2.23. The van der Waals surface area contributed by atoms with Crippen LogP contribution in [0.15, 0.2) is 47.5 Å². The molecule has 0 fully saturated rings. The fourth-order valence-electron chi connectivity index (χ4n) is 2.54. The molecule has 0 atom stereocenters. The first-order valence-corrected chi connectivity index (χ1v) is 8.34. The molecular weight excluding hydrogens is 376 g/mol. The SMILES string of the molecule is CN(C)c1ncccc1CNc1cnn(-c2ccc(F)cc2F)c(=O)c1Cl. The van der Waals surface area contributed by atoms with E-state index in [-0.39, 0.29) is 10.7 Å². The molecule has 0 radical (unpaired) electrons. The smallest absolute Gasteiger partial charge is 0.292 e.